The molecule has 0 bridgehead atoms. The summed E-state index contributed by atoms with van der Waals surface area (Å²) in [7, 11) is 0. The van der Waals surface area contributed by atoms with Crippen LogP contribution in [-0.4, -0.2) is 69.7 Å². The number of rotatable bonds is 13. The molecule has 0 aliphatic heterocycles. The maximum Gasteiger partial charge on any atom is 0.326 e. The van der Waals surface area contributed by atoms with Crippen molar-refractivity contribution in [3.05, 3.63) is 29.8 Å². The minimum Gasteiger partial charge on any atom is -0.508 e. The normalized spacial score (nSPS) is 13.5. The molecule has 3 atom stereocenters. The molecule has 3 amide bonds. The van der Waals surface area contributed by atoms with Gasteiger partial charge in [-0.05, 0) is 36.5 Å². The van der Waals surface area contributed by atoms with Crippen LogP contribution in [0.1, 0.15) is 32.3 Å². The number of hydrogen-bond acceptors (Lipinski definition) is 7. The van der Waals surface area contributed by atoms with Gasteiger partial charge in [0, 0.05) is 0 Å². The van der Waals surface area contributed by atoms with Crippen molar-refractivity contribution in [2.45, 2.75) is 51.2 Å². The van der Waals surface area contributed by atoms with Gasteiger partial charge < -0.3 is 37.0 Å². The number of phenols is 1. The lowest BCUT2D eigenvalue weighted by atomic mass is 10.0. The molecule has 0 aliphatic carbocycles. The van der Waals surface area contributed by atoms with E-state index >= 15 is 0 Å². The van der Waals surface area contributed by atoms with Gasteiger partial charge in [-0.2, -0.15) is 0 Å². The predicted octanol–water partition coefficient (Wildman–Crippen LogP) is -1.05. The molecule has 0 aliphatic rings. The highest BCUT2D eigenvalue weighted by Crippen LogP contribution is 2.11. The molecule has 0 saturated heterocycles. The van der Waals surface area contributed by atoms with Crippen LogP contribution in [0.25, 0.3) is 0 Å². The Kier molecular flexibility index (Phi) is 10.8. The third-order valence-corrected chi connectivity index (χ3v) is 4.50. The SMILES string of the molecule is CC(C)CC(NC(=O)CNC(=O)C(CC(=O)O)NC(=O)C(N)Cc1ccc(O)cc1)C(=O)O. The molecule has 12 heteroatoms. The monoisotopic (exact) mass is 466 g/mol. The molecule has 33 heavy (non-hydrogen) atoms. The van der Waals surface area contributed by atoms with Gasteiger partial charge in [0.15, 0.2) is 0 Å². The molecule has 1 aromatic carbocycles. The fourth-order valence-corrected chi connectivity index (χ4v) is 2.87. The highest BCUT2D eigenvalue weighted by atomic mass is 16.4. The molecule has 12 nitrogen and oxygen atoms in total. The van der Waals surface area contributed by atoms with Crippen LogP contribution in [0, 0.1) is 5.92 Å². The summed E-state index contributed by atoms with van der Waals surface area (Å²) < 4.78 is 0. The molecule has 8 N–H and O–H groups in total. The first-order valence-corrected chi connectivity index (χ1v) is 10.2. The Hall–Kier alpha value is -3.67. The van der Waals surface area contributed by atoms with E-state index in [4.69, 9.17) is 15.9 Å². The molecule has 182 valence electrons. The zero-order chi connectivity index (χ0) is 25.1. The van der Waals surface area contributed by atoms with Gasteiger partial charge in [0.05, 0.1) is 19.0 Å². The number of carboxylic acids is 2. The number of hydrogen-bond donors (Lipinski definition) is 7. The van der Waals surface area contributed by atoms with Gasteiger partial charge in [-0.25, -0.2) is 4.79 Å². The first-order chi connectivity index (χ1) is 15.4. The van der Waals surface area contributed by atoms with E-state index in [1.54, 1.807) is 26.0 Å². The number of amides is 3. The van der Waals surface area contributed by atoms with Crippen LogP contribution < -0.4 is 21.7 Å². The standard InChI is InChI=1S/C21H30N4O8/c1-11(2)7-16(21(32)33)24-17(27)10-23-20(31)15(9-18(28)29)25-19(30)14(22)8-12-3-5-13(26)6-4-12/h3-6,11,14-16,26H,7-10,22H2,1-2H3,(H,23,31)(H,24,27)(H,25,30)(H,28,29)(H,32,33). The van der Waals surface area contributed by atoms with Crippen LogP contribution in [-0.2, 0) is 30.4 Å². The first-order valence-electron chi connectivity index (χ1n) is 10.2. The van der Waals surface area contributed by atoms with Gasteiger partial charge in [0.2, 0.25) is 17.7 Å². The summed E-state index contributed by atoms with van der Waals surface area (Å²) in [6.07, 6.45) is -0.496. The summed E-state index contributed by atoms with van der Waals surface area (Å²) in [4.78, 5) is 59.1. The molecule has 1 rings (SSSR count). The zero-order valence-corrected chi connectivity index (χ0v) is 18.4. The molecule has 0 saturated carbocycles. The molecule has 1 aromatic rings. The smallest absolute Gasteiger partial charge is 0.326 e. The topological polar surface area (TPSA) is 208 Å². The van der Waals surface area contributed by atoms with Crippen LogP contribution >= 0.6 is 0 Å². The van der Waals surface area contributed by atoms with Crippen LogP contribution in [0.15, 0.2) is 24.3 Å². The Morgan fingerprint density at radius 3 is 2.06 bits per heavy atom. The molecule has 0 aromatic heterocycles. The second-order valence-corrected chi connectivity index (χ2v) is 7.94. The zero-order valence-electron chi connectivity index (χ0n) is 18.4. The van der Waals surface area contributed by atoms with Crippen molar-refractivity contribution in [1.29, 1.82) is 0 Å². The van der Waals surface area contributed by atoms with Crippen molar-refractivity contribution >= 4 is 29.7 Å². The van der Waals surface area contributed by atoms with Crippen molar-refractivity contribution in [3.8, 4) is 5.75 Å². The average molecular weight is 466 g/mol. The van der Waals surface area contributed by atoms with Gasteiger partial charge in [0.1, 0.15) is 17.8 Å². The van der Waals surface area contributed by atoms with Crippen molar-refractivity contribution in [3.63, 3.8) is 0 Å². The van der Waals surface area contributed by atoms with Gasteiger partial charge in [-0.3, -0.25) is 19.2 Å². The largest absolute Gasteiger partial charge is 0.508 e. The van der Waals surface area contributed by atoms with Crippen molar-refractivity contribution in [2.75, 3.05) is 6.54 Å². The summed E-state index contributed by atoms with van der Waals surface area (Å²) in [6, 6.07) is 2.22. The number of carbonyl (C=O) groups is 5. The van der Waals surface area contributed by atoms with E-state index in [2.05, 4.69) is 16.0 Å². The third kappa shape index (κ3) is 10.5. The molecule has 0 radical (unpaired) electrons. The lowest BCUT2D eigenvalue weighted by Crippen LogP contribution is -2.54. The molecule has 0 spiro atoms. The fraction of sp³-hybridized carbons (Fsp3) is 0.476. The van der Waals surface area contributed by atoms with Gasteiger partial charge >= 0.3 is 11.9 Å². The van der Waals surface area contributed by atoms with Crippen LogP contribution in [0.5, 0.6) is 5.75 Å². The van der Waals surface area contributed by atoms with E-state index in [-0.39, 0.29) is 24.5 Å². The number of aliphatic carboxylic acids is 2. The molecule has 3 unspecified atom stereocenters. The first kappa shape index (κ1) is 27.4. The lowest BCUT2D eigenvalue weighted by Gasteiger charge is -2.20. The maximum atomic E-state index is 12.4. The van der Waals surface area contributed by atoms with Crippen LogP contribution in [0.4, 0.5) is 0 Å². The molecular formula is C21H30N4O8. The quantitative estimate of drug-likeness (QED) is 0.189. The van der Waals surface area contributed by atoms with E-state index in [0.29, 0.717) is 5.56 Å². The third-order valence-electron chi connectivity index (χ3n) is 4.50. The summed E-state index contributed by atoms with van der Waals surface area (Å²) in [5, 5.41) is 34.3. The predicted molar refractivity (Wildman–Crippen MR) is 116 cm³/mol. The molecular weight excluding hydrogens is 436 g/mol. The van der Waals surface area contributed by atoms with E-state index < -0.39 is 60.8 Å². The minimum atomic E-state index is -1.50. The van der Waals surface area contributed by atoms with Gasteiger partial charge in [-0.15, -0.1) is 0 Å². The lowest BCUT2D eigenvalue weighted by molar-refractivity contribution is -0.143. The summed E-state index contributed by atoms with van der Waals surface area (Å²) in [5.74, 6) is -5.04. The number of carboxylic acid groups (broad SMARTS) is 2. The average Bonchev–Trinajstić information content (AvgIpc) is 2.71. The number of aromatic hydroxyl groups is 1. The summed E-state index contributed by atoms with van der Waals surface area (Å²) >= 11 is 0. The summed E-state index contributed by atoms with van der Waals surface area (Å²) in [5.41, 5.74) is 6.48. The van der Waals surface area contributed by atoms with E-state index in [1.807, 2.05) is 0 Å². The molecule has 0 fully saturated rings. The highest BCUT2D eigenvalue weighted by molar-refractivity contribution is 5.94. The Labute approximate surface area is 190 Å². The van der Waals surface area contributed by atoms with Gasteiger partial charge in [0.25, 0.3) is 0 Å². The van der Waals surface area contributed by atoms with E-state index in [9.17, 15) is 29.1 Å². The number of nitrogens with one attached hydrogen (secondary N) is 3. The second kappa shape index (κ2) is 13.0. The van der Waals surface area contributed by atoms with E-state index in [1.165, 1.54) is 12.1 Å². The second-order valence-electron chi connectivity index (χ2n) is 7.94. The van der Waals surface area contributed by atoms with Crippen molar-refractivity contribution < 1.29 is 39.3 Å². The Balaban J connectivity index is 2.68. The fourth-order valence-electron chi connectivity index (χ4n) is 2.87. The Morgan fingerprint density at radius 2 is 1.55 bits per heavy atom. The maximum absolute atomic E-state index is 12.4. The van der Waals surface area contributed by atoms with E-state index in [0.717, 1.165) is 0 Å². The van der Waals surface area contributed by atoms with Crippen LogP contribution in [0.2, 0.25) is 0 Å². The minimum absolute atomic E-state index is 0.00179. The van der Waals surface area contributed by atoms with Crippen molar-refractivity contribution in [2.24, 2.45) is 11.7 Å². The Morgan fingerprint density at radius 1 is 0.939 bits per heavy atom. The number of nitrogens with two attached hydrogens (primary N) is 1. The van der Waals surface area contributed by atoms with Crippen LogP contribution in [0.3, 0.4) is 0 Å². The molecule has 0 heterocycles. The number of benzene rings is 1. The van der Waals surface area contributed by atoms with Crippen molar-refractivity contribution in [1.82, 2.24) is 16.0 Å². The summed E-state index contributed by atoms with van der Waals surface area (Å²) in [6.45, 7) is 2.97. The number of carbonyl (C=O) groups excluding carboxylic acids is 3. The number of phenolic OH excluding ortho intramolecular Hbond substituents is 1. The van der Waals surface area contributed by atoms with Gasteiger partial charge in [-0.1, -0.05) is 26.0 Å². The highest BCUT2D eigenvalue weighted by Gasteiger charge is 2.27. The Bertz CT molecular complexity index is 856.